The van der Waals surface area contributed by atoms with Gasteiger partial charge in [0.15, 0.2) is 0 Å². The minimum Gasteiger partial charge on any atom is -0.464 e. The van der Waals surface area contributed by atoms with Crippen molar-refractivity contribution in [2.75, 3.05) is 31.1 Å². The van der Waals surface area contributed by atoms with Crippen LogP contribution in [0.25, 0.3) is 0 Å². The normalized spacial score (nSPS) is 19.7. The molecular formula is C13H19N3O2. The van der Waals surface area contributed by atoms with Crippen molar-refractivity contribution >= 4 is 11.8 Å². The van der Waals surface area contributed by atoms with Crippen molar-refractivity contribution in [1.29, 1.82) is 0 Å². The lowest BCUT2D eigenvalue weighted by molar-refractivity contribution is -0.144. The third-order valence-corrected chi connectivity index (χ3v) is 2.99. The number of esters is 1. The van der Waals surface area contributed by atoms with Gasteiger partial charge in [0.25, 0.3) is 0 Å². The Morgan fingerprint density at radius 1 is 1.61 bits per heavy atom. The Bertz CT molecular complexity index is 405. The van der Waals surface area contributed by atoms with E-state index < -0.39 is 0 Å². The summed E-state index contributed by atoms with van der Waals surface area (Å²) in [4.78, 5) is 18.3. The van der Waals surface area contributed by atoms with Crippen LogP contribution in [0.15, 0.2) is 18.3 Å². The third-order valence-electron chi connectivity index (χ3n) is 2.99. The van der Waals surface area contributed by atoms with E-state index in [1.807, 2.05) is 37.1 Å². The molecule has 1 aliphatic heterocycles. The Balaban J connectivity index is 2.17. The monoisotopic (exact) mass is 249 g/mol. The van der Waals surface area contributed by atoms with E-state index in [-0.39, 0.29) is 12.0 Å². The number of ether oxygens (including phenoxy) is 1. The number of anilines is 1. The Morgan fingerprint density at radius 3 is 3.11 bits per heavy atom. The molecule has 0 saturated carbocycles. The van der Waals surface area contributed by atoms with Gasteiger partial charge >= 0.3 is 5.97 Å². The van der Waals surface area contributed by atoms with Gasteiger partial charge in [-0.25, -0.2) is 9.78 Å². The molecule has 2 rings (SSSR count). The molecule has 1 N–H and O–H groups in total. The Labute approximate surface area is 107 Å². The molecule has 98 valence electrons. The molecule has 1 aromatic rings. The number of hydrogen-bond donors (Lipinski definition) is 1. The SMILES string of the molecule is CCOC(=O)C1CNCCN1c1ccc(C)cn1. The van der Waals surface area contributed by atoms with Crippen LogP contribution in [0.4, 0.5) is 5.82 Å². The first kappa shape index (κ1) is 12.8. The van der Waals surface area contributed by atoms with Crippen molar-refractivity contribution in [3.8, 4) is 0 Å². The van der Waals surface area contributed by atoms with E-state index >= 15 is 0 Å². The largest absolute Gasteiger partial charge is 0.464 e. The molecule has 0 aliphatic carbocycles. The van der Waals surface area contributed by atoms with E-state index in [1.165, 1.54) is 0 Å². The van der Waals surface area contributed by atoms with Crippen LogP contribution in [0.2, 0.25) is 0 Å². The molecule has 0 amide bonds. The van der Waals surface area contributed by atoms with Gasteiger partial charge in [0, 0.05) is 25.8 Å². The lowest BCUT2D eigenvalue weighted by atomic mass is 10.2. The second-order valence-corrected chi connectivity index (χ2v) is 4.36. The first-order valence-corrected chi connectivity index (χ1v) is 6.29. The Kier molecular flexibility index (Phi) is 4.15. The lowest BCUT2D eigenvalue weighted by Crippen LogP contribution is -2.56. The molecule has 5 nitrogen and oxygen atoms in total. The predicted octanol–water partition coefficient (Wildman–Crippen LogP) is 0.731. The molecule has 2 heterocycles. The number of nitrogens with zero attached hydrogens (tertiary/aromatic N) is 2. The molecule has 1 atom stereocenters. The highest BCUT2D eigenvalue weighted by atomic mass is 16.5. The predicted molar refractivity (Wildman–Crippen MR) is 69.6 cm³/mol. The Hall–Kier alpha value is -1.62. The maximum Gasteiger partial charge on any atom is 0.330 e. The fraction of sp³-hybridized carbons (Fsp3) is 0.538. The van der Waals surface area contributed by atoms with Gasteiger partial charge < -0.3 is 15.0 Å². The molecule has 1 aliphatic rings. The molecule has 0 aromatic carbocycles. The number of hydrogen-bond acceptors (Lipinski definition) is 5. The molecule has 1 aromatic heterocycles. The van der Waals surface area contributed by atoms with Crippen molar-refractivity contribution in [2.45, 2.75) is 19.9 Å². The summed E-state index contributed by atoms with van der Waals surface area (Å²) in [5.74, 6) is 0.646. The highest BCUT2D eigenvalue weighted by molar-refractivity contribution is 5.80. The fourth-order valence-corrected chi connectivity index (χ4v) is 2.06. The number of aryl methyl sites for hydroxylation is 1. The average molecular weight is 249 g/mol. The van der Waals surface area contributed by atoms with Crippen LogP contribution in [-0.4, -0.2) is 43.2 Å². The number of nitrogens with one attached hydrogen (secondary N) is 1. The average Bonchev–Trinajstić information content (AvgIpc) is 2.40. The molecule has 5 heteroatoms. The van der Waals surface area contributed by atoms with Crippen LogP contribution in [0.1, 0.15) is 12.5 Å². The van der Waals surface area contributed by atoms with Gasteiger partial charge in [-0.15, -0.1) is 0 Å². The fourth-order valence-electron chi connectivity index (χ4n) is 2.06. The summed E-state index contributed by atoms with van der Waals surface area (Å²) in [6.07, 6.45) is 1.82. The first-order valence-electron chi connectivity index (χ1n) is 6.29. The van der Waals surface area contributed by atoms with E-state index in [4.69, 9.17) is 4.74 Å². The maximum atomic E-state index is 11.9. The Morgan fingerprint density at radius 2 is 2.44 bits per heavy atom. The highest BCUT2D eigenvalue weighted by Gasteiger charge is 2.30. The van der Waals surface area contributed by atoms with Gasteiger partial charge in [0.1, 0.15) is 11.9 Å². The summed E-state index contributed by atoms with van der Waals surface area (Å²) in [7, 11) is 0. The van der Waals surface area contributed by atoms with Gasteiger partial charge in [-0.05, 0) is 25.5 Å². The standard InChI is InChI=1S/C13H19N3O2/c1-3-18-13(17)11-9-14-6-7-16(11)12-5-4-10(2)8-15-12/h4-5,8,11,14H,3,6-7,9H2,1-2H3. The summed E-state index contributed by atoms with van der Waals surface area (Å²) in [6, 6.07) is 3.67. The molecule has 0 bridgehead atoms. The summed E-state index contributed by atoms with van der Waals surface area (Å²) >= 11 is 0. The number of carbonyl (C=O) groups is 1. The smallest absolute Gasteiger partial charge is 0.330 e. The summed E-state index contributed by atoms with van der Waals surface area (Å²) < 4.78 is 5.11. The zero-order chi connectivity index (χ0) is 13.0. The van der Waals surface area contributed by atoms with Gasteiger partial charge in [-0.1, -0.05) is 6.07 Å². The number of carbonyl (C=O) groups excluding carboxylic acids is 1. The zero-order valence-corrected chi connectivity index (χ0v) is 10.8. The van der Waals surface area contributed by atoms with Crippen molar-refractivity contribution in [3.05, 3.63) is 23.9 Å². The van der Waals surface area contributed by atoms with Crippen molar-refractivity contribution in [2.24, 2.45) is 0 Å². The number of pyridine rings is 1. The van der Waals surface area contributed by atoms with Crippen molar-refractivity contribution in [1.82, 2.24) is 10.3 Å². The third kappa shape index (κ3) is 2.79. The van der Waals surface area contributed by atoms with Gasteiger partial charge in [0.2, 0.25) is 0 Å². The van der Waals surface area contributed by atoms with Crippen LogP contribution < -0.4 is 10.2 Å². The summed E-state index contributed by atoms with van der Waals surface area (Å²) in [6.45, 7) is 6.45. The molecule has 0 radical (unpaired) electrons. The molecular weight excluding hydrogens is 230 g/mol. The quantitative estimate of drug-likeness (QED) is 0.800. The van der Waals surface area contributed by atoms with Gasteiger partial charge in [0.05, 0.1) is 6.61 Å². The van der Waals surface area contributed by atoms with E-state index in [0.29, 0.717) is 13.2 Å². The van der Waals surface area contributed by atoms with Crippen molar-refractivity contribution in [3.63, 3.8) is 0 Å². The van der Waals surface area contributed by atoms with E-state index in [1.54, 1.807) is 0 Å². The lowest BCUT2D eigenvalue weighted by Gasteiger charge is -2.35. The van der Waals surface area contributed by atoms with E-state index in [0.717, 1.165) is 24.5 Å². The van der Waals surface area contributed by atoms with Crippen LogP contribution >= 0.6 is 0 Å². The minimum absolute atomic E-state index is 0.188. The molecule has 1 fully saturated rings. The number of rotatable bonds is 3. The van der Waals surface area contributed by atoms with E-state index in [2.05, 4.69) is 10.3 Å². The van der Waals surface area contributed by atoms with Crippen molar-refractivity contribution < 1.29 is 9.53 Å². The van der Waals surface area contributed by atoms with Crippen LogP contribution in [-0.2, 0) is 9.53 Å². The van der Waals surface area contributed by atoms with E-state index in [9.17, 15) is 4.79 Å². The molecule has 18 heavy (non-hydrogen) atoms. The zero-order valence-electron chi connectivity index (χ0n) is 10.8. The molecule has 1 saturated heterocycles. The summed E-state index contributed by atoms with van der Waals surface area (Å²) in [5.41, 5.74) is 1.11. The molecule has 1 unspecified atom stereocenters. The number of piperazine rings is 1. The van der Waals surface area contributed by atoms with Gasteiger partial charge in [-0.2, -0.15) is 0 Å². The molecule has 0 spiro atoms. The van der Waals surface area contributed by atoms with Crippen LogP contribution in [0.5, 0.6) is 0 Å². The highest BCUT2D eigenvalue weighted by Crippen LogP contribution is 2.16. The van der Waals surface area contributed by atoms with Crippen LogP contribution in [0.3, 0.4) is 0 Å². The topological polar surface area (TPSA) is 54.5 Å². The minimum atomic E-state index is -0.283. The summed E-state index contributed by atoms with van der Waals surface area (Å²) in [5, 5.41) is 3.21. The number of aromatic nitrogens is 1. The van der Waals surface area contributed by atoms with Gasteiger partial charge in [-0.3, -0.25) is 0 Å². The first-order chi connectivity index (χ1) is 8.72. The van der Waals surface area contributed by atoms with Crippen LogP contribution in [0, 0.1) is 6.92 Å². The second-order valence-electron chi connectivity index (χ2n) is 4.36. The maximum absolute atomic E-state index is 11.9. The second kappa shape index (κ2) is 5.82.